The molecule has 0 bridgehead atoms. The maximum atomic E-state index is 12.2. The molecule has 0 unspecified atom stereocenters. The van der Waals surface area contributed by atoms with Crippen molar-refractivity contribution in [2.75, 3.05) is 7.11 Å². The highest BCUT2D eigenvalue weighted by Gasteiger charge is 2.24. The number of carbonyl (C=O) groups is 1. The number of pyridine rings is 1. The Morgan fingerprint density at radius 3 is 2.88 bits per heavy atom. The normalized spacial score (nSPS) is 11.0. The number of fused-ring (bicyclic) bond motifs is 1. The number of esters is 1. The number of aromatic nitrogens is 4. The smallest absolute Gasteiger partial charge is 0.358 e. The summed E-state index contributed by atoms with van der Waals surface area (Å²) in [5, 5.41) is 9.35. The van der Waals surface area contributed by atoms with Crippen LogP contribution >= 0.6 is 22.9 Å². The summed E-state index contributed by atoms with van der Waals surface area (Å²) in [6.07, 6.45) is 3.36. The van der Waals surface area contributed by atoms with Gasteiger partial charge in [0.15, 0.2) is 5.69 Å². The summed E-state index contributed by atoms with van der Waals surface area (Å²) in [4.78, 5) is 21.5. The van der Waals surface area contributed by atoms with E-state index in [2.05, 4.69) is 20.2 Å². The summed E-state index contributed by atoms with van der Waals surface area (Å²) in [7, 11) is 1.33. The number of rotatable bonds is 3. The number of aromatic amines is 1. The number of hydrogen-bond donors (Lipinski definition) is 1. The predicted octanol–water partition coefficient (Wildman–Crippen LogP) is 4.50. The van der Waals surface area contributed by atoms with Gasteiger partial charge in [0.05, 0.1) is 22.5 Å². The fourth-order valence-corrected chi connectivity index (χ4v) is 4.01. The maximum Gasteiger partial charge on any atom is 0.358 e. The second-order valence-corrected chi connectivity index (χ2v) is 7.02. The van der Waals surface area contributed by atoms with Crippen LogP contribution in [0.3, 0.4) is 0 Å². The zero-order valence-electron chi connectivity index (χ0n) is 13.9. The molecule has 0 aliphatic heterocycles. The van der Waals surface area contributed by atoms with Gasteiger partial charge in [-0.05, 0) is 24.6 Å². The summed E-state index contributed by atoms with van der Waals surface area (Å²) in [5.74, 6) is -0.506. The summed E-state index contributed by atoms with van der Waals surface area (Å²) >= 11 is 7.74. The molecule has 0 aliphatic carbocycles. The molecule has 1 N–H and O–H groups in total. The van der Waals surface area contributed by atoms with E-state index in [0.717, 1.165) is 22.0 Å². The Hall–Kier alpha value is -2.77. The minimum absolute atomic E-state index is 0.237. The number of nitrogens with zero attached hydrogens (tertiary/aromatic N) is 3. The number of aryl methyl sites for hydroxylation is 1. The van der Waals surface area contributed by atoms with Crippen molar-refractivity contribution in [3.8, 4) is 21.1 Å². The van der Waals surface area contributed by atoms with Gasteiger partial charge in [0, 0.05) is 23.3 Å². The number of halogens is 1. The molecule has 0 fully saturated rings. The lowest BCUT2D eigenvalue weighted by atomic mass is 10.1. The van der Waals surface area contributed by atoms with Gasteiger partial charge in [0.2, 0.25) is 0 Å². The predicted molar refractivity (Wildman–Crippen MR) is 102 cm³/mol. The van der Waals surface area contributed by atoms with Crippen molar-refractivity contribution < 1.29 is 9.53 Å². The van der Waals surface area contributed by atoms with Crippen LogP contribution < -0.4 is 0 Å². The summed E-state index contributed by atoms with van der Waals surface area (Å²) in [6.45, 7) is 1.98. The zero-order chi connectivity index (χ0) is 18.3. The molecule has 0 atom stereocenters. The lowest BCUT2D eigenvalue weighted by molar-refractivity contribution is 0.0596. The molecule has 8 heteroatoms. The van der Waals surface area contributed by atoms with Gasteiger partial charge in [-0.3, -0.25) is 10.1 Å². The van der Waals surface area contributed by atoms with Crippen molar-refractivity contribution in [3.05, 3.63) is 52.9 Å². The van der Waals surface area contributed by atoms with Crippen LogP contribution in [-0.2, 0) is 4.74 Å². The van der Waals surface area contributed by atoms with E-state index in [1.165, 1.54) is 18.4 Å². The number of benzene rings is 1. The maximum absolute atomic E-state index is 12.2. The number of thiazole rings is 1. The molecular weight excluding hydrogens is 372 g/mol. The summed E-state index contributed by atoms with van der Waals surface area (Å²) in [6, 6.07) is 7.43. The molecule has 0 aliphatic rings. The third kappa shape index (κ3) is 2.65. The van der Waals surface area contributed by atoms with Gasteiger partial charge in [-0.15, -0.1) is 11.3 Å². The largest absolute Gasteiger partial charge is 0.464 e. The number of H-pyrrole nitrogens is 1. The van der Waals surface area contributed by atoms with Crippen molar-refractivity contribution in [3.63, 3.8) is 0 Å². The van der Waals surface area contributed by atoms with Crippen LogP contribution in [0.25, 0.3) is 32.0 Å². The van der Waals surface area contributed by atoms with Crippen LogP contribution in [-0.4, -0.2) is 33.2 Å². The monoisotopic (exact) mass is 384 g/mol. The molecule has 1 aromatic carbocycles. The Bertz CT molecular complexity index is 1120. The average Bonchev–Trinajstić information content (AvgIpc) is 3.30. The number of carbonyl (C=O) groups excluding carboxylic acids is 1. The first-order valence-electron chi connectivity index (χ1n) is 7.73. The lowest BCUT2D eigenvalue weighted by Crippen LogP contribution is -2.03. The molecule has 6 nitrogen and oxygen atoms in total. The molecule has 4 rings (SSSR count). The minimum atomic E-state index is -0.506. The van der Waals surface area contributed by atoms with Crippen molar-refractivity contribution in [2.24, 2.45) is 0 Å². The lowest BCUT2D eigenvalue weighted by Gasteiger charge is -1.99. The minimum Gasteiger partial charge on any atom is -0.464 e. The Morgan fingerprint density at radius 1 is 1.31 bits per heavy atom. The second-order valence-electron chi connectivity index (χ2n) is 5.62. The van der Waals surface area contributed by atoms with Crippen LogP contribution in [0.4, 0.5) is 0 Å². The van der Waals surface area contributed by atoms with Crippen LogP contribution in [0.15, 0.2) is 36.7 Å². The van der Waals surface area contributed by atoms with Gasteiger partial charge in [-0.1, -0.05) is 23.7 Å². The molecular formula is C18H13ClN4O2S. The van der Waals surface area contributed by atoms with Gasteiger partial charge in [-0.25, -0.2) is 9.78 Å². The highest BCUT2D eigenvalue weighted by molar-refractivity contribution is 7.18. The Labute approximate surface area is 157 Å². The fraction of sp³-hybridized carbons (Fsp3) is 0.111. The molecule has 0 saturated heterocycles. The molecule has 130 valence electrons. The number of nitrogens with one attached hydrogen (secondary N) is 1. The topological polar surface area (TPSA) is 80.8 Å². The van der Waals surface area contributed by atoms with E-state index in [1.54, 1.807) is 18.5 Å². The second kappa shape index (κ2) is 6.51. The van der Waals surface area contributed by atoms with Crippen LogP contribution in [0, 0.1) is 6.92 Å². The first-order valence-corrected chi connectivity index (χ1v) is 8.92. The molecule has 0 spiro atoms. The Morgan fingerprint density at radius 2 is 2.15 bits per heavy atom. The first kappa shape index (κ1) is 16.7. The quantitative estimate of drug-likeness (QED) is 0.526. The first-order chi connectivity index (χ1) is 12.6. The van der Waals surface area contributed by atoms with Gasteiger partial charge in [-0.2, -0.15) is 5.10 Å². The van der Waals surface area contributed by atoms with Crippen LogP contribution in [0.5, 0.6) is 0 Å². The van der Waals surface area contributed by atoms with Crippen LogP contribution in [0.2, 0.25) is 5.02 Å². The van der Waals surface area contributed by atoms with E-state index in [0.29, 0.717) is 20.6 Å². The van der Waals surface area contributed by atoms with E-state index in [9.17, 15) is 4.79 Å². The molecule has 3 aromatic heterocycles. The fourth-order valence-electron chi connectivity index (χ4n) is 2.73. The highest BCUT2D eigenvalue weighted by atomic mass is 35.5. The third-order valence-corrected chi connectivity index (χ3v) is 5.44. The van der Waals surface area contributed by atoms with Crippen molar-refractivity contribution in [1.82, 2.24) is 20.2 Å². The van der Waals surface area contributed by atoms with Gasteiger partial charge in [0.1, 0.15) is 10.7 Å². The van der Waals surface area contributed by atoms with E-state index in [1.807, 2.05) is 25.1 Å². The van der Waals surface area contributed by atoms with Gasteiger partial charge < -0.3 is 4.74 Å². The van der Waals surface area contributed by atoms with E-state index < -0.39 is 5.97 Å². The van der Waals surface area contributed by atoms with Gasteiger partial charge >= 0.3 is 5.97 Å². The average molecular weight is 385 g/mol. The van der Waals surface area contributed by atoms with Crippen LogP contribution in [0.1, 0.15) is 16.1 Å². The number of ether oxygens (including phenoxy) is 1. The van der Waals surface area contributed by atoms with E-state index in [4.69, 9.17) is 16.3 Å². The summed E-state index contributed by atoms with van der Waals surface area (Å²) in [5.41, 5.74) is 3.52. The standard InChI is InChI=1S/C18H13ClN4O2S/c1-9-5-6-11(19)12-13(9)22-23-14(12)17-21-15(18(24)25-2)16(26-17)10-4-3-7-20-8-10/h3-8H,1-2H3,(H,22,23). The zero-order valence-corrected chi connectivity index (χ0v) is 15.5. The summed E-state index contributed by atoms with van der Waals surface area (Å²) < 4.78 is 4.89. The Balaban J connectivity index is 1.96. The van der Waals surface area contributed by atoms with E-state index in [-0.39, 0.29) is 5.69 Å². The molecule has 0 radical (unpaired) electrons. The molecule has 0 saturated carbocycles. The number of hydrogen-bond acceptors (Lipinski definition) is 6. The molecule has 0 amide bonds. The Kier molecular flexibility index (Phi) is 4.18. The van der Waals surface area contributed by atoms with E-state index >= 15 is 0 Å². The van der Waals surface area contributed by atoms with Crippen molar-refractivity contribution in [2.45, 2.75) is 6.92 Å². The van der Waals surface area contributed by atoms with Crippen molar-refractivity contribution in [1.29, 1.82) is 0 Å². The van der Waals surface area contributed by atoms with Crippen molar-refractivity contribution >= 4 is 39.8 Å². The number of methoxy groups -OCH3 is 1. The highest BCUT2D eigenvalue weighted by Crippen LogP contribution is 2.39. The SMILES string of the molecule is COC(=O)c1nc(-c2n[nH]c3c(C)ccc(Cl)c23)sc1-c1cccnc1. The van der Waals surface area contributed by atoms with Gasteiger partial charge in [0.25, 0.3) is 0 Å². The molecule has 26 heavy (non-hydrogen) atoms. The third-order valence-electron chi connectivity index (χ3n) is 4.01. The molecule has 4 aromatic rings. The molecule has 3 heterocycles.